The minimum Gasteiger partial charge on any atom is -0.456 e. The molecular formula is C24H38O10. The van der Waals surface area contributed by atoms with Crippen LogP contribution in [0, 0.1) is 0 Å². The number of esters is 2. The Morgan fingerprint density at radius 3 is 1.18 bits per heavy atom. The molecule has 0 spiro atoms. The number of rotatable bonds is 18. The summed E-state index contributed by atoms with van der Waals surface area (Å²) in [5.41, 5.74) is 0.305. The highest BCUT2D eigenvalue weighted by Gasteiger charge is 2.25. The molecule has 10 heteroatoms. The predicted octanol–water partition coefficient (Wildman–Crippen LogP) is 0.549. The number of carbonyl (C=O) groups excluding carboxylic acids is 2. The minimum atomic E-state index is -0.981. The van der Waals surface area contributed by atoms with Gasteiger partial charge in [-0.2, -0.15) is 0 Å². The van der Waals surface area contributed by atoms with Crippen LogP contribution in [0.2, 0.25) is 0 Å². The Hall–Kier alpha value is -2.08. The van der Waals surface area contributed by atoms with Crippen molar-refractivity contribution in [3.05, 3.63) is 35.4 Å². The van der Waals surface area contributed by atoms with Crippen LogP contribution in [0.1, 0.15) is 72.1 Å². The van der Waals surface area contributed by atoms with Gasteiger partial charge >= 0.3 is 11.9 Å². The van der Waals surface area contributed by atoms with Gasteiger partial charge in [0.25, 0.3) is 0 Å². The summed E-state index contributed by atoms with van der Waals surface area (Å²) < 4.78 is 10.8. The molecule has 1 rings (SSSR count). The van der Waals surface area contributed by atoms with Crippen molar-refractivity contribution >= 4 is 11.9 Å². The smallest absolute Gasteiger partial charge is 0.338 e. The van der Waals surface area contributed by atoms with Crippen molar-refractivity contribution < 1.29 is 49.7 Å². The zero-order chi connectivity index (χ0) is 25.3. The zero-order valence-corrected chi connectivity index (χ0v) is 19.4. The minimum absolute atomic E-state index is 0.103. The van der Waals surface area contributed by atoms with Gasteiger partial charge in [0.15, 0.2) is 0 Å². The van der Waals surface area contributed by atoms with E-state index in [-0.39, 0.29) is 63.2 Å². The largest absolute Gasteiger partial charge is 0.456 e. The standard InChI is InChI=1S/C24H38O10/c25-13-1-5-19(29)21(7-3-15-27)33-23(31)17-9-11-18(12-10-17)24(32)34-22(8-4-16-28)20(30)6-2-14-26/h9-12,19-22,25-30H,1-8,13-16H2. The van der Waals surface area contributed by atoms with Crippen molar-refractivity contribution in [2.24, 2.45) is 0 Å². The highest BCUT2D eigenvalue weighted by atomic mass is 16.6. The number of ether oxygens (including phenoxy) is 2. The van der Waals surface area contributed by atoms with E-state index >= 15 is 0 Å². The second-order valence-electron chi connectivity index (χ2n) is 8.06. The highest BCUT2D eigenvalue weighted by molar-refractivity contribution is 5.93. The second kappa shape index (κ2) is 17.4. The topological polar surface area (TPSA) is 174 Å². The van der Waals surface area contributed by atoms with Crippen LogP contribution in [0.4, 0.5) is 0 Å². The van der Waals surface area contributed by atoms with E-state index in [0.717, 1.165) is 0 Å². The SMILES string of the molecule is O=C(OC(CCCO)C(O)CCCO)c1ccc(C(=O)OC(CCCO)C(O)CCCO)cc1. The van der Waals surface area contributed by atoms with E-state index in [4.69, 9.17) is 29.9 Å². The van der Waals surface area contributed by atoms with Crippen LogP contribution in [0.25, 0.3) is 0 Å². The van der Waals surface area contributed by atoms with E-state index in [1.807, 2.05) is 0 Å². The summed E-state index contributed by atoms with van der Waals surface area (Å²) in [6.45, 7) is -0.444. The summed E-state index contributed by atoms with van der Waals surface area (Å²) in [5, 5.41) is 56.5. The van der Waals surface area contributed by atoms with E-state index in [0.29, 0.717) is 25.7 Å². The molecule has 6 N–H and O–H groups in total. The van der Waals surface area contributed by atoms with E-state index in [2.05, 4.69) is 0 Å². The van der Waals surface area contributed by atoms with Crippen molar-refractivity contribution in [3.63, 3.8) is 0 Å². The van der Waals surface area contributed by atoms with Gasteiger partial charge in [-0.05, 0) is 75.6 Å². The van der Waals surface area contributed by atoms with Crippen LogP contribution < -0.4 is 0 Å². The van der Waals surface area contributed by atoms with Gasteiger partial charge in [-0.3, -0.25) is 0 Å². The maximum absolute atomic E-state index is 12.5. The Kier molecular flexibility index (Phi) is 15.3. The van der Waals surface area contributed by atoms with Crippen molar-refractivity contribution in [1.29, 1.82) is 0 Å². The summed E-state index contributed by atoms with van der Waals surface area (Å²) >= 11 is 0. The zero-order valence-electron chi connectivity index (χ0n) is 19.4. The maximum Gasteiger partial charge on any atom is 0.338 e. The monoisotopic (exact) mass is 486 g/mol. The van der Waals surface area contributed by atoms with Gasteiger partial charge in [0, 0.05) is 26.4 Å². The fourth-order valence-electron chi connectivity index (χ4n) is 3.37. The lowest BCUT2D eigenvalue weighted by Crippen LogP contribution is -2.32. The number of hydrogen-bond acceptors (Lipinski definition) is 10. The molecule has 0 heterocycles. The summed E-state index contributed by atoms with van der Waals surface area (Å²) in [5.74, 6) is -1.41. The Bertz CT molecular complexity index is 634. The van der Waals surface area contributed by atoms with Crippen LogP contribution in [0.5, 0.6) is 0 Å². The summed E-state index contributed by atoms with van der Waals surface area (Å²) in [6, 6.07) is 5.53. The third-order valence-corrected chi connectivity index (χ3v) is 5.34. The predicted molar refractivity (Wildman–Crippen MR) is 122 cm³/mol. The fraction of sp³-hybridized carbons (Fsp3) is 0.667. The molecule has 1 aromatic carbocycles. The molecule has 34 heavy (non-hydrogen) atoms. The lowest BCUT2D eigenvalue weighted by molar-refractivity contribution is -0.0282. The van der Waals surface area contributed by atoms with E-state index in [9.17, 15) is 19.8 Å². The average molecular weight is 487 g/mol. The van der Waals surface area contributed by atoms with Crippen molar-refractivity contribution in [2.75, 3.05) is 26.4 Å². The molecule has 1 aromatic rings. The molecule has 0 bridgehead atoms. The van der Waals surface area contributed by atoms with Crippen LogP contribution in [0.15, 0.2) is 24.3 Å². The van der Waals surface area contributed by atoms with Gasteiger partial charge < -0.3 is 40.1 Å². The summed E-state index contributed by atoms with van der Waals surface area (Å²) in [6.07, 6.45) is -1.29. The third kappa shape index (κ3) is 10.9. The van der Waals surface area contributed by atoms with Gasteiger partial charge in [-0.25, -0.2) is 9.59 Å². The molecule has 0 aliphatic heterocycles. The molecule has 0 fully saturated rings. The molecule has 4 atom stereocenters. The van der Waals surface area contributed by atoms with E-state index < -0.39 is 36.4 Å². The molecule has 194 valence electrons. The third-order valence-electron chi connectivity index (χ3n) is 5.34. The quantitative estimate of drug-likeness (QED) is 0.161. The van der Waals surface area contributed by atoms with Gasteiger partial charge in [0.2, 0.25) is 0 Å². The molecule has 0 radical (unpaired) electrons. The lowest BCUT2D eigenvalue weighted by atomic mass is 10.0. The summed E-state index contributed by atoms with van der Waals surface area (Å²) in [7, 11) is 0. The average Bonchev–Trinajstić information content (AvgIpc) is 2.85. The number of aliphatic hydroxyl groups excluding tert-OH is 6. The highest BCUT2D eigenvalue weighted by Crippen LogP contribution is 2.18. The van der Waals surface area contributed by atoms with Crippen LogP contribution >= 0.6 is 0 Å². The lowest BCUT2D eigenvalue weighted by Gasteiger charge is -2.23. The normalized spacial score (nSPS) is 14.8. The fourth-order valence-corrected chi connectivity index (χ4v) is 3.37. The Labute approximate surface area is 199 Å². The number of benzene rings is 1. The van der Waals surface area contributed by atoms with Crippen molar-refractivity contribution in [2.45, 2.75) is 75.8 Å². The molecular weight excluding hydrogens is 448 g/mol. The number of aliphatic hydroxyl groups is 6. The van der Waals surface area contributed by atoms with Gasteiger partial charge in [0.05, 0.1) is 23.3 Å². The molecule has 10 nitrogen and oxygen atoms in total. The number of carbonyl (C=O) groups is 2. The van der Waals surface area contributed by atoms with Gasteiger partial charge in [-0.15, -0.1) is 0 Å². The first kappa shape index (κ1) is 30.0. The van der Waals surface area contributed by atoms with Crippen LogP contribution in [0.3, 0.4) is 0 Å². The van der Waals surface area contributed by atoms with Crippen molar-refractivity contribution in [3.8, 4) is 0 Å². The van der Waals surface area contributed by atoms with Crippen molar-refractivity contribution in [1.82, 2.24) is 0 Å². The van der Waals surface area contributed by atoms with Crippen LogP contribution in [-0.4, -0.2) is 93.4 Å². The number of hydrogen-bond donors (Lipinski definition) is 6. The second-order valence-corrected chi connectivity index (χ2v) is 8.06. The molecule has 0 amide bonds. The van der Waals surface area contributed by atoms with E-state index in [1.54, 1.807) is 0 Å². The Balaban J connectivity index is 2.80. The molecule has 4 unspecified atom stereocenters. The Morgan fingerprint density at radius 1 is 0.588 bits per heavy atom. The summed E-state index contributed by atoms with van der Waals surface area (Å²) in [4.78, 5) is 25.0. The van der Waals surface area contributed by atoms with Gasteiger partial charge in [0.1, 0.15) is 12.2 Å². The first-order chi connectivity index (χ1) is 16.4. The molecule has 0 saturated carbocycles. The maximum atomic E-state index is 12.5. The molecule has 0 aromatic heterocycles. The molecule has 0 aliphatic carbocycles. The van der Waals surface area contributed by atoms with Gasteiger partial charge in [-0.1, -0.05) is 0 Å². The van der Waals surface area contributed by atoms with E-state index in [1.165, 1.54) is 24.3 Å². The Morgan fingerprint density at radius 2 is 0.882 bits per heavy atom. The first-order valence-electron chi connectivity index (χ1n) is 11.7. The molecule has 0 aliphatic rings. The first-order valence-corrected chi connectivity index (χ1v) is 11.7. The van der Waals surface area contributed by atoms with Crippen LogP contribution in [-0.2, 0) is 9.47 Å². The molecule has 0 saturated heterocycles.